The van der Waals surface area contributed by atoms with Gasteiger partial charge in [-0.2, -0.15) is 0 Å². The van der Waals surface area contributed by atoms with Gasteiger partial charge in [0.1, 0.15) is 11.8 Å². The van der Waals surface area contributed by atoms with E-state index in [1.54, 1.807) is 0 Å². The molecule has 2 rings (SSSR count). The van der Waals surface area contributed by atoms with Gasteiger partial charge in [-0.25, -0.2) is 0 Å². The topological polar surface area (TPSA) is 46.6 Å². The highest BCUT2D eigenvalue weighted by Gasteiger charge is 2.43. The number of carbonyl (C=O) groups is 2. The molecular weight excluding hydrogens is 194 g/mol. The molecule has 4 nitrogen and oxygen atoms in total. The van der Waals surface area contributed by atoms with Gasteiger partial charge in [0.25, 0.3) is 0 Å². The number of fused-ring (bicyclic) bond motifs is 1. The molecule has 2 atom stereocenters. The van der Waals surface area contributed by atoms with Crippen molar-refractivity contribution < 1.29 is 14.3 Å². The molecule has 2 heterocycles. The van der Waals surface area contributed by atoms with Gasteiger partial charge in [0.05, 0.1) is 12.6 Å². The van der Waals surface area contributed by atoms with Crippen molar-refractivity contribution in [2.75, 3.05) is 13.2 Å². The van der Waals surface area contributed by atoms with Crippen LogP contribution in [-0.2, 0) is 14.3 Å². The average molecular weight is 211 g/mol. The number of Topliss-reactive ketones (excluding diaryl/α,β-unsaturated/α-hetero) is 1. The second kappa shape index (κ2) is 4.31. The van der Waals surface area contributed by atoms with Crippen molar-refractivity contribution in [1.29, 1.82) is 0 Å². The number of esters is 1. The molecule has 2 aliphatic rings. The number of hydrogen-bond acceptors (Lipinski definition) is 4. The zero-order valence-electron chi connectivity index (χ0n) is 9.07. The second-order valence-corrected chi connectivity index (χ2v) is 4.17. The third kappa shape index (κ3) is 1.91. The maximum atomic E-state index is 11.6. The van der Waals surface area contributed by atoms with Crippen LogP contribution in [0.4, 0.5) is 0 Å². The lowest BCUT2D eigenvalue weighted by atomic mass is 10.0. The number of ketones is 1. The molecule has 84 valence electrons. The summed E-state index contributed by atoms with van der Waals surface area (Å²) in [6.45, 7) is 3.09. The Morgan fingerprint density at radius 3 is 3.07 bits per heavy atom. The van der Waals surface area contributed by atoms with Crippen LogP contribution < -0.4 is 0 Å². The van der Waals surface area contributed by atoms with E-state index in [9.17, 15) is 9.59 Å². The van der Waals surface area contributed by atoms with Gasteiger partial charge in [-0.3, -0.25) is 14.5 Å². The summed E-state index contributed by atoms with van der Waals surface area (Å²) in [6, 6.07) is -0.174. The summed E-state index contributed by atoms with van der Waals surface area (Å²) in [6.07, 6.45) is 3.15. The van der Waals surface area contributed by atoms with Crippen LogP contribution in [-0.4, -0.2) is 41.9 Å². The zero-order valence-corrected chi connectivity index (χ0v) is 9.07. The summed E-state index contributed by atoms with van der Waals surface area (Å²) >= 11 is 0. The van der Waals surface area contributed by atoms with Crippen molar-refractivity contribution in [2.45, 2.75) is 44.7 Å². The van der Waals surface area contributed by atoms with Crippen molar-refractivity contribution in [3.63, 3.8) is 0 Å². The normalized spacial score (nSPS) is 31.4. The fraction of sp³-hybridized carbons (Fsp3) is 0.818. The molecule has 0 aromatic heterocycles. The minimum atomic E-state index is -0.167. The first kappa shape index (κ1) is 10.6. The number of nitrogens with zero attached hydrogens (tertiary/aromatic N) is 1. The van der Waals surface area contributed by atoms with Gasteiger partial charge in [0.15, 0.2) is 0 Å². The maximum Gasteiger partial charge on any atom is 0.323 e. The molecule has 0 saturated carbocycles. The van der Waals surface area contributed by atoms with Gasteiger partial charge >= 0.3 is 5.97 Å². The summed E-state index contributed by atoms with van der Waals surface area (Å²) in [4.78, 5) is 25.3. The first-order valence-corrected chi connectivity index (χ1v) is 5.69. The van der Waals surface area contributed by atoms with Crippen molar-refractivity contribution in [2.24, 2.45) is 0 Å². The second-order valence-electron chi connectivity index (χ2n) is 4.17. The molecule has 15 heavy (non-hydrogen) atoms. The van der Waals surface area contributed by atoms with Crippen LogP contribution >= 0.6 is 0 Å². The van der Waals surface area contributed by atoms with Crippen molar-refractivity contribution in [1.82, 2.24) is 4.90 Å². The Balaban J connectivity index is 2.04. The first-order chi connectivity index (χ1) is 7.24. The Kier molecular flexibility index (Phi) is 3.05. The molecule has 0 aromatic rings. The monoisotopic (exact) mass is 211 g/mol. The van der Waals surface area contributed by atoms with E-state index in [0.29, 0.717) is 18.8 Å². The van der Waals surface area contributed by atoms with Gasteiger partial charge in [-0.1, -0.05) is 0 Å². The Morgan fingerprint density at radius 1 is 1.53 bits per heavy atom. The first-order valence-electron chi connectivity index (χ1n) is 5.69. The van der Waals surface area contributed by atoms with E-state index in [2.05, 4.69) is 0 Å². The van der Waals surface area contributed by atoms with E-state index in [4.69, 9.17) is 4.74 Å². The smallest absolute Gasteiger partial charge is 0.323 e. The van der Waals surface area contributed by atoms with E-state index < -0.39 is 0 Å². The molecule has 2 unspecified atom stereocenters. The Morgan fingerprint density at radius 2 is 2.33 bits per heavy atom. The molecule has 2 fully saturated rings. The predicted molar refractivity (Wildman–Crippen MR) is 54.4 cm³/mol. The van der Waals surface area contributed by atoms with Crippen molar-refractivity contribution >= 4 is 11.8 Å². The summed E-state index contributed by atoms with van der Waals surface area (Å²) < 4.78 is 5.02. The molecule has 4 heteroatoms. The molecule has 0 aromatic carbocycles. The van der Waals surface area contributed by atoms with Crippen LogP contribution in [0.2, 0.25) is 0 Å². The van der Waals surface area contributed by atoms with Crippen LogP contribution in [0.3, 0.4) is 0 Å². The number of hydrogen-bond donors (Lipinski definition) is 0. The standard InChI is InChI=1S/C11H17NO3/c1-2-15-11(14)9-6-5-8-10(13)4-3-7-12(8)9/h8-9H,2-7H2,1H3. The van der Waals surface area contributed by atoms with E-state index in [1.165, 1.54) is 0 Å². The molecule has 0 radical (unpaired) electrons. The summed E-state index contributed by atoms with van der Waals surface area (Å²) in [5.41, 5.74) is 0. The Hall–Kier alpha value is -0.900. The number of ether oxygens (including phenoxy) is 1. The van der Waals surface area contributed by atoms with Crippen LogP contribution in [0.5, 0.6) is 0 Å². The molecule has 0 spiro atoms. The van der Waals surface area contributed by atoms with E-state index in [1.807, 2.05) is 11.8 Å². The van der Waals surface area contributed by atoms with Gasteiger partial charge in [0, 0.05) is 13.0 Å². The molecule has 2 saturated heterocycles. The fourth-order valence-corrected chi connectivity index (χ4v) is 2.62. The SMILES string of the molecule is CCOC(=O)C1CCC2C(=O)CCCN21. The van der Waals surface area contributed by atoms with Crippen molar-refractivity contribution in [3.8, 4) is 0 Å². The van der Waals surface area contributed by atoms with E-state index in [-0.39, 0.29) is 18.1 Å². The molecule has 0 aliphatic carbocycles. The molecule has 2 aliphatic heterocycles. The molecule has 0 N–H and O–H groups in total. The highest BCUT2D eigenvalue weighted by Crippen LogP contribution is 2.30. The molecule has 0 bridgehead atoms. The molecule has 0 amide bonds. The van der Waals surface area contributed by atoms with Crippen LogP contribution in [0, 0.1) is 0 Å². The lowest BCUT2D eigenvalue weighted by molar-refractivity contribution is -0.149. The van der Waals surface area contributed by atoms with Gasteiger partial charge < -0.3 is 4.74 Å². The van der Waals surface area contributed by atoms with Crippen LogP contribution in [0.15, 0.2) is 0 Å². The summed E-state index contributed by atoms with van der Waals surface area (Å²) in [5, 5.41) is 0. The fourth-order valence-electron chi connectivity index (χ4n) is 2.62. The summed E-state index contributed by atoms with van der Waals surface area (Å²) in [7, 11) is 0. The van der Waals surface area contributed by atoms with Gasteiger partial charge in [-0.15, -0.1) is 0 Å². The minimum absolute atomic E-state index is 0.00634. The molecular formula is C11H17NO3. The third-order valence-corrected chi connectivity index (χ3v) is 3.28. The van der Waals surface area contributed by atoms with Crippen LogP contribution in [0.1, 0.15) is 32.6 Å². The highest BCUT2D eigenvalue weighted by atomic mass is 16.5. The number of piperidine rings is 1. The number of rotatable bonds is 2. The summed E-state index contributed by atoms with van der Waals surface area (Å²) in [5.74, 6) is 0.141. The van der Waals surface area contributed by atoms with Gasteiger partial charge in [-0.05, 0) is 26.2 Å². The largest absolute Gasteiger partial charge is 0.465 e. The quantitative estimate of drug-likeness (QED) is 0.632. The average Bonchev–Trinajstić information content (AvgIpc) is 2.63. The van der Waals surface area contributed by atoms with Crippen molar-refractivity contribution in [3.05, 3.63) is 0 Å². The van der Waals surface area contributed by atoms with Gasteiger partial charge in [0.2, 0.25) is 0 Å². The zero-order chi connectivity index (χ0) is 10.8. The Bertz CT molecular complexity index is 277. The third-order valence-electron chi connectivity index (χ3n) is 3.28. The minimum Gasteiger partial charge on any atom is -0.465 e. The predicted octanol–water partition coefficient (Wildman–Crippen LogP) is 0.745. The maximum absolute atomic E-state index is 11.6. The lowest BCUT2D eigenvalue weighted by Gasteiger charge is -2.31. The van der Waals surface area contributed by atoms with E-state index in [0.717, 1.165) is 25.8 Å². The highest BCUT2D eigenvalue weighted by molar-refractivity contribution is 5.87. The Labute approximate surface area is 89.6 Å². The lowest BCUT2D eigenvalue weighted by Crippen LogP contribution is -2.48. The number of carbonyl (C=O) groups excluding carboxylic acids is 2. The van der Waals surface area contributed by atoms with Crippen LogP contribution in [0.25, 0.3) is 0 Å². The van der Waals surface area contributed by atoms with E-state index >= 15 is 0 Å².